The first-order chi connectivity index (χ1) is 9.99. The van der Waals surface area contributed by atoms with Gasteiger partial charge >= 0.3 is 37.9 Å². The van der Waals surface area contributed by atoms with Crippen LogP contribution in [0.5, 0.6) is 5.75 Å². The van der Waals surface area contributed by atoms with Crippen molar-refractivity contribution in [3.63, 3.8) is 0 Å². The van der Waals surface area contributed by atoms with Crippen LogP contribution in [0.2, 0.25) is 0 Å². The van der Waals surface area contributed by atoms with Crippen LogP contribution in [0.3, 0.4) is 0 Å². The van der Waals surface area contributed by atoms with Crippen LogP contribution in [-0.2, 0) is 20.8 Å². The van der Waals surface area contributed by atoms with Crippen molar-refractivity contribution in [3.8, 4) is 5.75 Å². The molecular formula is C13H16Cl2N2O3Zr. The number of rotatable bonds is 3. The molecule has 8 heteroatoms. The van der Waals surface area contributed by atoms with Crippen molar-refractivity contribution in [1.82, 2.24) is 0 Å². The van der Waals surface area contributed by atoms with E-state index in [0.29, 0.717) is 18.4 Å². The van der Waals surface area contributed by atoms with E-state index < -0.39 is 26.9 Å². The molecule has 0 heterocycles. The van der Waals surface area contributed by atoms with E-state index >= 15 is 0 Å². The fourth-order valence-electron chi connectivity index (χ4n) is 2.23. The topological polar surface area (TPSA) is 75.7 Å². The van der Waals surface area contributed by atoms with Crippen LogP contribution >= 0.6 is 17.0 Å². The molecule has 1 fully saturated rings. The molecule has 0 aromatic heterocycles. The first-order valence-electron chi connectivity index (χ1n) is 6.41. The zero-order valence-corrected chi connectivity index (χ0v) is 15.5. The minimum absolute atomic E-state index is 0.000289. The van der Waals surface area contributed by atoms with Gasteiger partial charge in [-0.15, -0.1) is 0 Å². The summed E-state index contributed by atoms with van der Waals surface area (Å²) in [5, 5.41) is 20.4. The van der Waals surface area contributed by atoms with E-state index in [1.165, 1.54) is 0 Å². The number of hydrogen-bond acceptors (Lipinski definition) is 4. The molecular weight excluding hydrogens is 394 g/mol. The molecule has 114 valence electrons. The van der Waals surface area contributed by atoms with Crippen molar-refractivity contribution < 1.29 is 30.9 Å². The van der Waals surface area contributed by atoms with Crippen molar-refractivity contribution in [2.75, 3.05) is 0 Å². The van der Waals surface area contributed by atoms with Gasteiger partial charge in [-0.25, -0.2) is 0 Å². The van der Waals surface area contributed by atoms with Gasteiger partial charge in [-0.2, -0.15) is 0 Å². The predicted molar refractivity (Wildman–Crippen MR) is 80.6 cm³/mol. The second kappa shape index (κ2) is 9.55. The number of para-hydroxylation sites is 1. The normalized spacial score (nSPS) is 20.9. The molecule has 1 saturated carbocycles. The second-order valence-corrected chi connectivity index (χ2v) is 8.50. The van der Waals surface area contributed by atoms with Gasteiger partial charge in [0.15, 0.2) is 0 Å². The zero-order chi connectivity index (χ0) is 15.8. The van der Waals surface area contributed by atoms with Gasteiger partial charge in [0.05, 0.1) is 6.04 Å². The Kier molecular flexibility index (Phi) is 8.46. The first kappa shape index (κ1) is 18.6. The molecule has 0 aliphatic heterocycles. The van der Waals surface area contributed by atoms with Crippen LogP contribution in [0.15, 0.2) is 23.2 Å². The van der Waals surface area contributed by atoms with Gasteiger partial charge in [0.25, 0.3) is 0 Å². The number of aryl methyl sites for hydroxylation is 1. The van der Waals surface area contributed by atoms with E-state index in [2.05, 4.69) is 4.99 Å². The summed E-state index contributed by atoms with van der Waals surface area (Å²) in [6.45, 7) is 1.82. The summed E-state index contributed by atoms with van der Waals surface area (Å²) in [5.74, 6) is 0.227. The van der Waals surface area contributed by atoms with E-state index in [4.69, 9.17) is 17.0 Å². The molecule has 2 unspecified atom stereocenters. The Labute approximate surface area is 142 Å². The number of aromatic hydroxyl groups is 1. The zero-order valence-electron chi connectivity index (χ0n) is 11.5. The third kappa shape index (κ3) is 6.05. The fourth-order valence-corrected chi connectivity index (χ4v) is 2.23. The molecule has 0 saturated heterocycles. The van der Waals surface area contributed by atoms with Crippen molar-refractivity contribution in [1.29, 1.82) is 0 Å². The first-order valence-corrected chi connectivity index (χ1v) is 12.7. The van der Waals surface area contributed by atoms with Gasteiger partial charge in [0.1, 0.15) is 5.75 Å². The van der Waals surface area contributed by atoms with Crippen LogP contribution < -0.4 is 0 Å². The van der Waals surface area contributed by atoms with Crippen molar-refractivity contribution in [2.45, 2.75) is 38.3 Å². The number of phenols is 1. The van der Waals surface area contributed by atoms with Gasteiger partial charge in [0, 0.05) is 29.5 Å². The molecule has 2 rings (SSSR count). The van der Waals surface area contributed by atoms with Gasteiger partial charge in [0.2, 0.25) is 6.04 Å². The van der Waals surface area contributed by atoms with E-state index in [1.54, 1.807) is 12.3 Å². The van der Waals surface area contributed by atoms with Crippen LogP contribution in [-0.4, -0.2) is 28.3 Å². The number of hydrogen-bond donors (Lipinski definition) is 1. The number of halogens is 2. The Balaban J connectivity index is 0.000000677. The predicted octanol–water partition coefficient (Wildman–Crippen LogP) is 3.69. The van der Waals surface area contributed by atoms with Crippen LogP contribution in [0, 0.1) is 17.0 Å². The Morgan fingerprint density at radius 1 is 1.48 bits per heavy atom. The SMILES string of the molecule is Cc1cccc(C=NC2CCC([N+](=O)[O-])C2)c1O.[Cl][Zr][Cl]. The Bertz CT molecular complexity index is 514. The number of benzene rings is 1. The molecule has 0 radical (unpaired) electrons. The van der Waals surface area contributed by atoms with E-state index in [-0.39, 0.29) is 16.7 Å². The van der Waals surface area contributed by atoms with E-state index in [1.807, 2.05) is 19.1 Å². The van der Waals surface area contributed by atoms with Crippen molar-refractivity contribution in [2.24, 2.45) is 4.99 Å². The molecule has 21 heavy (non-hydrogen) atoms. The summed E-state index contributed by atoms with van der Waals surface area (Å²) in [6, 6.07) is 5.00. The summed E-state index contributed by atoms with van der Waals surface area (Å²) in [4.78, 5) is 14.7. The maximum absolute atomic E-state index is 10.6. The van der Waals surface area contributed by atoms with Crippen LogP contribution in [0.1, 0.15) is 30.4 Å². The van der Waals surface area contributed by atoms with Gasteiger partial charge in [-0.3, -0.25) is 15.1 Å². The van der Waals surface area contributed by atoms with Crippen molar-refractivity contribution in [3.05, 3.63) is 39.4 Å². The molecule has 1 N–H and O–H groups in total. The molecule has 0 spiro atoms. The minimum atomic E-state index is -0.826. The molecule has 0 amide bonds. The molecule has 1 aromatic rings. The summed E-state index contributed by atoms with van der Waals surface area (Å²) >= 11 is -0.826. The Hall–Kier alpha value is -0.447. The molecule has 5 nitrogen and oxygen atoms in total. The third-order valence-corrected chi connectivity index (χ3v) is 3.37. The molecule has 1 aliphatic carbocycles. The maximum atomic E-state index is 10.6. The fraction of sp³-hybridized carbons (Fsp3) is 0.462. The van der Waals surface area contributed by atoms with E-state index in [9.17, 15) is 15.2 Å². The third-order valence-electron chi connectivity index (χ3n) is 3.37. The number of phenolic OH excluding ortho intramolecular Hbond substituents is 1. The Morgan fingerprint density at radius 2 is 2.14 bits per heavy atom. The van der Waals surface area contributed by atoms with Crippen LogP contribution in [0.25, 0.3) is 0 Å². The number of nitro groups is 1. The molecule has 0 bridgehead atoms. The molecule has 1 aliphatic rings. The summed E-state index contributed by atoms with van der Waals surface area (Å²) in [5.41, 5.74) is 1.47. The van der Waals surface area contributed by atoms with Crippen molar-refractivity contribution >= 4 is 23.2 Å². The average molecular weight is 410 g/mol. The number of aliphatic imine (C=N–C) groups is 1. The van der Waals surface area contributed by atoms with E-state index in [0.717, 1.165) is 12.0 Å². The second-order valence-electron chi connectivity index (χ2n) is 4.77. The summed E-state index contributed by atoms with van der Waals surface area (Å²) < 4.78 is 0. The quantitative estimate of drug-likeness (QED) is 0.469. The summed E-state index contributed by atoms with van der Waals surface area (Å²) in [7, 11) is 9.87. The van der Waals surface area contributed by atoms with Gasteiger partial charge in [-0.05, 0) is 25.0 Å². The van der Waals surface area contributed by atoms with Gasteiger partial charge < -0.3 is 5.11 Å². The average Bonchev–Trinajstić information content (AvgIpc) is 2.90. The van der Waals surface area contributed by atoms with Crippen LogP contribution in [0.4, 0.5) is 0 Å². The molecule has 1 aromatic carbocycles. The Morgan fingerprint density at radius 3 is 2.71 bits per heavy atom. The number of nitrogens with zero attached hydrogens (tertiary/aromatic N) is 2. The summed E-state index contributed by atoms with van der Waals surface area (Å²) in [6.07, 6.45) is 3.45. The standard InChI is InChI=1S/C13H16N2O3.2ClH.Zr/c1-9-3-2-4-10(13(9)16)8-14-11-5-6-12(7-11)15(17)18;;;/h2-4,8,11-12,16H,5-7H2,1H3;2*1H;/q;;;+2/p-2. The monoisotopic (exact) mass is 408 g/mol. The molecule has 2 atom stereocenters. The van der Waals surface area contributed by atoms with Gasteiger partial charge in [-0.1, -0.05) is 12.1 Å².